The summed E-state index contributed by atoms with van der Waals surface area (Å²) in [5.41, 5.74) is 0. The van der Waals surface area contributed by atoms with Crippen molar-refractivity contribution >= 4 is 0 Å². The van der Waals surface area contributed by atoms with Crippen molar-refractivity contribution in [3.8, 4) is 12.1 Å². The van der Waals surface area contributed by atoms with E-state index in [1.807, 2.05) is 18.2 Å². The molecule has 0 unspecified atom stereocenters. The lowest BCUT2D eigenvalue weighted by atomic mass is 10.1. The molecule has 0 amide bonds. The van der Waals surface area contributed by atoms with Crippen LogP contribution in [0, 0.1) is 28.6 Å². The van der Waals surface area contributed by atoms with Crippen molar-refractivity contribution in [2.45, 2.75) is 6.42 Å². The van der Waals surface area contributed by atoms with E-state index < -0.39 is 5.92 Å². The van der Waals surface area contributed by atoms with Crippen LogP contribution in [0.2, 0.25) is 0 Å². The molecule has 1 rings (SSSR count). The van der Waals surface area contributed by atoms with E-state index >= 15 is 0 Å². The van der Waals surface area contributed by atoms with Crippen molar-refractivity contribution in [2.24, 2.45) is 5.92 Å². The lowest BCUT2D eigenvalue weighted by molar-refractivity contribution is 0.318. The maximum atomic E-state index is 8.46. The van der Waals surface area contributed by atoms with E-state index in [0.717, 1.165) is 6.42 Å². The van der Waals surface area contributed by atoms with Gasteiger partial charge in [0, 0.05) is 0 Å². The van der Waals surface area contributed by atoms with Gasteiger partial charge in [-0.25, -0.2) is 0 Å². The van der Waals surface area contributed by atoms with Gasteiger partial charge in [-0.3, -0.25) is 0 Å². The predicted molar refractivity (Wildman–Crippen MR) is 37.6 cm³/mol. The molecule has 0 fully saturated rings. The minimum absolute atomic E-state index is 0.442. The third-order valence-corrected chi connectivity index (χ3v) is 1.30. The predicted octanol–water partition coefficient (Wildman–Crippen LogP) is 1.47. The highest BCUT2D eigenvalue weighted by Gasteiger charge is 2.13. The molecule has 0 N–H and O–H groups in total. The summed E-state index contributed by atoms with van der Waals surface area (Å²) in [6.07, 6.45) is 5.78. The third-order valence-electron chi connectivity index (χ3n) is 1.30. The van der Waals surface area contributed by atoms with E-state index in [1.54, 1.807) is 6.08 Å². The van der Waals surface area contributed by atoms with Crippen LogP contribution in [0.4, 0.5) is 0 Å². The summed E-state index contributed by atoms with van der Waals surface area (Å²) in [6, 6.07) is 3.67. The van der Waals surface area contributed by atoms with Crippen molar-refractivity contribution in [1.82, 2.24) is 0 Å². The number of hydrogen-bond acceptors (Lipinski definition) is 3. The molecule has 0 bridgehead atoms. The molecule has 3 heteroatoms. The van der Waals surface area contributed by atoms with Crippen molar-refractivity contribution in [1.29, 1.82) is 10.5 Å². The van der Waals surface area contributed by atoms with Crippen molar-refractivity contribution < 1.29 is 4.74 Å². The molecule has 3 nitrogen and oxygen atoms in total. The van der Waals surface area contributed by atoms with Gasteiger partial charge < -0.3 is 4.74 Å². The zero-order valence-electron chi connectivity index (χ0n) is 5.82. The summed E-state index contributed by atoms with van der Waals surface area (Å²) in [6.45, 7) is 0. The topological polar surface area (TPSA) is 56.8 Å². The van der Waals surface area contributed by atoms with Crippen LogP contribution in [-0.4, -0.2) is 0 Å². The SMILES string of the molecule is N#CC(C#N)C1=CCC=CO1. The highest BCUT2D eigenvalue weighted by atomic mass is 16.5. The average Bonchev–Trinajstić information content (AvgIpc) is 2.09. The molecule has 1 aliphatic rings. The Balaban J connectivity index is 2.69. The molecule has 0 aromatic heterocycles. The summed E-state index contributed by atoms with van der Waals surface area (Å²) >= 11 is 0. The smallest absolute Gasteiger partial charge is 0.190 e. The summed E-state index contributed by atoms with van der Waals surface area (Å²) in [5.74, 6) is -0.322. The Kier molecular flexibility index (Phi) is 2.30. The van der Waals surface area contributed by atoms with Crippen molar-refractivity contribution in [3.63, 3.8) is 0 Å². The van der Waals surface area contributed by atoms with Gasteiger partial charge in [-0.15, -0.1) is 0 Å². The summed E-state index contributed by atoms with van der Waals surface area (Å²) in [5, 5.41) is 16.9. The fraction of sp³-hybridized carbons (Fsp3) is 0.250. The van der Waals surface area contributed by atoms with Crippen LogP contribution in [0.1, 0.15) is 6.42 Å². The molecular formula is C8H6N2O. The maximum Gasteiger partial charge on any atom is 0.190 e. The first kappa shape index (κ1) is 7.37. The van der Waals surface area contributed by atoms with Crippen LogP contribution in [0.15, 0.2) is 24.2 Å². The third kappa shape index (κ3) is 1.59. The molecule has 0 atom stereocenters. The largest absolute Gasteiger partial charge is 0.467 e. The summed E-state index contributed by atoms with van der Waals surface area (Å²) in [7, 11) is 0. The van der Waals surface area contributed by atoms with Gasteiger partial charge in [0.1, 0.15) is 5.76 Å². The second-order valence-corrected chi connectivity index (χ2v) is 2.02. The number of rotatable bonds is 1. The Morgan fingerprint density at radius 3 is 2.64 bits per heavy atom. The zero-order valence-corrected chi connectivity index (χ0v) is 5.82. The second kappa shape index (κ2) is 3.43. The van der Waals surface area contributed by atoms with E-state index in [9.17, 15) is 0 Å². The minimum Gasteiger partial charge on any atom is -0.467 e. The monoisotopic (exact) mass is 146 g/mol. The lowest BCUT2D eigenvalue weighted by Gasteiger charge is -2.08. The van der Waals surface area contributed by atoms with Gasteiger partial charge in [-0.1, -0.05) is 0 Å². The van der Waals surface area contributed by atoms with Gasteiger partial charge in [0.25, 0.3) is 0 Å². The highest BCUT2D eigenvalue weighted by Crippen LogP contribution is 2.15. The van der Waals surface area contributed by atoms with Gasteiger partial charge in [-0.2, -0.15) is 10.5 Å². The molecular weight excluding hydrogens is 140 g/mol. The van der Waals surface area contributed by atoms with Gasteiger partial charge >= 0.3 is 0 Å². The van der Waals surface area contributed by atoms with Crippen molar-refractivity contribution in [3.05, 3.63) is 24.2 Å². The normalized spacial score (nSPS) is 14.6. The Morgan fingerprint density at radius 2 is 2.18 bits per heavy atom. The first-order valence-electron chi connectivity index (χ1n) is 3.19. The van der Waals surface area contributed by atoms with E-state index in [1.165, 1.54) is 6.26 Å². The van der Waals surface area contributed by atoms with Gasteiger partial charge in [0.05, 0.1) is 18.4 Å². The quantitative estimate of drug-likeness (QED) is 0.562. The molecule has 0 aliphatic carbocycles. The van der Waals surface area contributed by atoms with Crippen LogP contribution in [0.3, 0.4) is 0 Å². The fourth-order valence-electron chi connectivity index (χ4n) is 0.757. The van der Waals surface area contributed by atoms with Crippen LogP contribution < -0.4 is 0 Å². The van der Waals surface area contributed by atoms with Gasteiger partial charge in [0.15, 0.2) is 5.92 Å². The standard InChI is InChI=1S/C8H6N2O/c9-5-7(6-10)8-3-1-2-4-11-8/h2-4,7H,1H2. The van der Waals surface area contributed by atoms with Crippen LogP contribution >= 0.6 is 0 Å². The number of hydrogen-bond donors (Lipinski definition) is 0. The Morgan fingerprint density at radius 1 is 1.45 bits per heavy atom. The van der Waals surface area contributed by atoms with E-state index in [2.05, 4.69) is 0 Å². The molecule has 0 spiro atoms. The minimum atomic E-state index is -0.764. The number of ether oxygens (including phenoxy) is 1. The first-order chi connectivity index (χ1) is 5.38. The molecule has 1 heterocycles. The van der Waals surface area contributed by atoms with Crippen LogP contribution in [0.5, 0.6) is 0 Å². The van der Waals surface area contributed by atoms with Crippen molar-refractivity contribution in [2.75, 3.05) is 0 Å². The highest BCUT2D eigenvalue weighted by molar-refractivity contribution is 5.20. The van der Waals surface area contributed by atoms with E-state index in [4.69, 9.17) is 15.3 Å². The molecule has 0 saturated carbocycles. The average molecular weight is 146 g/mol. The molecule has 0 radical (unpaired) electrons. The summed E-state index contributed by atoms with van der Waals surface area (Å²) in [4.78, 5) is 0. The Labute approximate surface area is 64.8 Å². The first-order valence-corrected chi connectivity index (χ1v) is 3.19. The van der Waals surface area contributed by atoms with Gasteiger partial charge in [0.2, 0.25) is 0 Å². The van der Waals surface area contributed by atoms with Crippen LogP contribution in [-0.2, 0) is 4.74 Å². The molecule has 54 valence electrons. The maximum absolute atomic E-state index is 8.46. The number of nitriles is 2. The van der Waals surface area contributed by atoms with Gasteiger partial charge in [-0.05, 0) is 18.6 Å². The lowest BCUT2D eigenvalue weighted by Crippen LogP contribution is -2.01. The molecule has 0 aromatic carbocycles. The molecule has 0 saturated heterocycles. The number of nitrogens with zero attached hydrogens (tertiary/aromatic N) is 2. The zero-order chi connectivity index (χ0) is 8.10. The Hall–Kier alpha value is -1.74. The number of allylic oxidation sites excluding steroid dienone is 3. The second-order valence-electron chi connectivity index (χ2n) is 2.02. The summed E-state index contributed by atoms with van der Waals surface area (Å²) < 4.78 is 4.96. The fourth-order valence-corrected chi connectivity index (χ4v) is 0.757. The van der Waals surface area contributed by atoms with E-state index in [-0.39, 0.29) is 0 Å². The molecule has 11 heavy (non-hydrogen) atoms. The molecule has 1 aliphatic heterocycles. The van der Waals surface area contributed by atoms with E-state index in [0.29, 0.717) is 5.76 Å². The molecule has 0 aromatic rings. The van der Waals surface area contributed by atoms with Crippen LogP contribution in [0.25, 0.3) is 0 Å². The Bertz CT molecular complexity index is 263.